The first-order valence-electron chi connectivity index (χ1n) is 11.5. The topological polar surface area (TPSA) is 65.6 Å². The third kappa shape index (κ3) is 3.25. The van der Waals surface area contributed by atoms with Crippen molar-refractivity contribution in [1.82, 2.24) is 14.8 Å². The highest BCUT2D eigenvalue weighted by atomic mass is 16.5. The number of fused-ring (bicyclic) bond motifs is 4. The smallest absolute Gasteiger partial charge is 0.246 e. The lowest BCUT2D eigenvalue weighted by Gasteiger charge is -2.47. The highest BCUT2D eigenvalue weighted by Crippen LogP contribution is 2.44. The van der Waals surface area contributed by atoms with Gasteiger partial charge in [-0.15, -0.1) is 0 Å². The van der Waals surface area contributed by atoms with Gasteiger partial charge in [0.15, 0.2) is 0 Å². The molecule has 6 heteroatoms. The Kier molecular flexibility index (Phi) is 5.37. The maximum Gasteiger partial charge on any atom is 0.246 e. The number of benzene rings is 2. The third-order valence-corrected chi connectivity index (χ3v) is 6.64. The van der Waals surface area contributed by atoms with Crippen LogP contribution in [0.15, 0.2) is 48.5 Å². The molecule has 1 aromatic heterocycles. The van der Waals surface area contributed by atoms with E-state index in [1.54, 1.807) is 9.80 Å². The number of aromatic nitrogens is 1. The number of hydrogen-bond donors (Lipinski definition) is 1. The minimum absolute atomic E-state index is 0.00805. The summed E-state index contributed by atoms with van der Waals surface area (Å²) in [4.78, 5) is 34.2. The number of unbranched alkanes of at least 4 members (excludes halogenated alkanes) is 1. The molecule has 2 aliphatic heterocycles. The first-order chi connectivity index (χ1) is 15.6. The predicted molar refractivity (Wildman–Crippen MR) is 124 cm³/mol. The molecule has 0 bridgehead atoms. The van der Waals surface area contributed by atoms with Crippen molar-refractivity contribution in [3.63, 3.8) is 0 Å². The SMILES string of the molecule is CCCCN1CC(=O)N2C(Cc3c([nH]c4ccccc34)C2c2ccccc2OCC)C1=O. The number of carbonyl (C=O) groups is 2. The van der Waals surface area contributed by atoms with Gasteiger partial charge in [-0.3, -0.25) is 9.59 Å². The number of rotatable bonds is 6. The zero-order valence-electron chi connectivity index (χ0n) is 18.6. The molecule has 0 radical (unpaired) electrons. The van der Waals surface area contributed by atoms with E-state index in [0.717, 1.165) is 46.3 Å². The van der Waals surface area contributed by atoms with Crippen molar-refractivity contribution < 1.29 is 14.3 Å². The molecule has 3 aromatic rings. The Morgan fingerprint density at radius 1 is 1.06 bits per heavy atom. The maximum atomic E-state index is 13.6. The van der Waals surface area contributed by atoms with Crippen LogP contribution in [0.4, 0.5) is 0 Å². The average Bonchev–Trinajstić information content (AvgIpc) is 3.18. The average molecular weight is 432 g/mol. The molecule has 1 N–H and O–H groups in total. The van der Waals surface area contributed by atoms with Crippen molar-refractivity contribution in [2.75, 3.05) is 19.7 Å². The summed E-state index contributed by atoms with van der Waals surface area (Å²) in [5.74, 6) is 0.790. The van der Waals surface area contributed by atoms with E-state index < -0.39 is 6.04 Å². The number of piperazine rings is 1. The van der Waals surface area contributed by atoms with E-state index in [1.165, 1.54) is 0 Å². The molecule has 6 nitrogen and oxygen atoms in total. The molecule has 2 atom stereocenters. The molecule has 2 aliphatic rings. The Balaban J connectivity index is 1.68. The number of hydrogen-bond acceptors (Lipinski definition) is 3. The van der Waals surface area contributed by atoms with Gasteiger partial charge < -0.3 is 19.5 Å². The summed E-state index contributed by atoms with van der Waals surface area (Å²) in [6, 6.07) is 15.1. The Hall–Kier alpha value is -3.28. The van der Waals surface area contributed by atoms with Crippen LogP contribution in [-0.2, 0) is 16.0 Å². The molecule has 1 fully saturated rings. The van der Waals surface area contributed by atoms with Gasteiger partial charge in [0.1, 0.15) is 17.8 Å². The van der Waals surface area contributed by atoms with E-state index in [0.29, 0.717) is 19.6 Å². The molecule has 166 valence electrons. The van der Waals surface area contributed by atoms with Crippen molar-refractivity contribution in [2.24, 2.45) is 0 Å². The summed E-state index contributed by atoms with van der Waals surface area (Å²) in [6.07, 6.45) is 2.42. The van der Waals surface area contributed by atoms with Crippen molar-refractivity contribution >= 4 is 22.7 Å². The maximum absolute atomic E-state index is 13.6. The largest absolute Gasteiger partial charge is 0.494 e. The van der Waals surface area contributed by atoms with Gasteiger partial charge in [-0.25, -0.2) is 0 Å². The number of nitrogens with one attached hydrogen (secondary N) is 1. The van der Waals surface area contributed by atoms with Gasteiger partial charge in [-0.1, -0.05) is 49.7 Å². The van der Waals surface area contributed by atoms with E-state index in [-0.39, 0.29) is 24.4 Å². The van der Waals surface area contributed by atoms with Crippen molar-refractivity contribution in [1.29, 1.82) is 0 Å². The molecule has 2 amide bonds. The number of ether oxygens (including phenoxy) is 1. The number of carbonyl (C=O) groups excluding carboxylic acids is 2. The van der Waals surface area contributed by atoms with Crippen molar-refractivity contribution in [3.05, 3.63) is 65.4 Å². The fourth-order valence-corrected chi connectivity index (χ4v) is 5.18. The lowest BCUT2D eigenvalue weighted by molar-refractivity contribution is -0.158. The number of para-hydroxylation sites is 2. The second-order valence-corrected chi connectivity index (χ2v) is 8.57. The normalized spacial score (nSPS) is 20.4. The summed E-state index contributed by atoms with van der Waals surface area (Å²) < 4.78 is 5.95. The molecule has 0 aliphatic carbocycles. The van der Waals surface area contributed by atoms with Crippen LogP contribution in [-0.4, -0.2) is 52.3 Å². The zero-order chi connectivity index (χ0) is 22.2. The highest BCUT2D eigenvalue weighted by Gasteiger charge is 2.48. The quantitative estimate of drug-likeness (QED) is 0.640. The molecular formula is C26H29N3O3. The van der Waals surface area contributed by atoms with Crippen LogP contribution < -0.4 is 4.74 Å². The fourth-order valence-electron chi connectivity index (χ4n) is 5.18. The summed E-state index contributed by atoms with van der Waals surface area (Å²) >= 11 is 0. The van der Waals surface area contributed by atoms with Gasteiger partial charge in [0, 0.05) is 35.1 Å². The molecule has 32 heavy (non-hydrogen) atoms. The molecule has 0 saturated carbocycles. The first kappa shape index (κ1) is 20.6. The molecule has 3 heterocycles. The second kappa shape index (κ2) is 8.34. The van der Waals surface area contributed by atoms with Crippen LogP contribution >= 0.6 is 0 Å². The predicted octanol–water partition coefficient (Wildman–Crippen LogP) is 4.05. The molecule has 0 spiro atoms. The lowest BCUT2D eigenvalue weighted by Crippen LogP contribution is -2.63. The van der Waals surface area contributed by atoms with Gasteiger partial charge >= 0.3 is 0 Å². The van der Waals surface area contributed by atoms with Crippen LogP contribution in [0.3, 0.4) is 0 Å². The fraction of sp³-hybridized carbons (Fsp3) is 0.385. The summed E-state index contributed by atoms with van der Waals surface area (Å²) in [5, 5.41) is 1.12. The van der Waals surface area contributed by atoms with Crippen LogP contribution in [0.5, 0.6) is 5.75 Å². The van der Waals surface area contributed by atoms with E-state index in [1.807, 2.05) is 43.3 Å². The van der Waals surface area contributed by atoms with Crippen molar-refractivity contribution in [3.8, 4) is 5.75 Å². The van der Waals surface area contributed by atoms with Crippen LogP contribution in [0.2, 0.25) is 0 Å². The third-order valence-electron chi connectivity index (χ3n) is 6.64. The van der Waals surface area contributed by atoms with Gasteiger partial charge in [-0.2, -0.15) is 0 Å². The highest BCUT2D eigenvalue weighted by molar-refractivity contribution is 5.97. The lowest BCUT2D eigenvalue weighted by atomic mass is 9.86. The van der Waals surface area contributed by atoms with Crippen LogP contribution in [0.25, 0.3) is 10.9 Å². The van der Waals surface area contributed by atoms with Gasteiger partial charge in [0.05, 0.1) is 13.2 Å². The Morgan fingerprint density at radius 2 is 1.84 bits per heavy atom. The van der Waals surface area contributed by atoms with E-state index in [2.05, 4.69) is 24.0 Å². The van der Waals surface area contributed by atoms with E-state index in [9.17, 15) is 9.59 Å². The second-order valence-electron chi connectivity index (χ2n) is 8.57. The number of aromatic amines is 1. The van der Waals surface area contributed by atoms with Gasteiger partial charge in [0.25, 0.3) is 0 Å². The summed E-state index contributed by atoms with van der Waals surface area (Å²) in [5.41, 5.74) is 4.04. The Bertz CT molecular complexity index is 1170. The minimum Gasteiger partial charge on any atom is -0.494 e. The standard InChI is InChI=1S/C26H29N3O3/c1-3-5-14-28-16-23(30)29-21(26(28)31)15-19-17-10-6-8-12-20(17)27-24(19)25(29)18-11-7-9-13-22(18)32-4-2/h6-13,21,25,27H,3-5,14-16H2,1-2H3. The summed E-state index contributed by atoms with van der Waals surface area (Å²) in [6.45, 7) is 5.35. The minimum atomic E-state index is -0.500. The monoisotopic (exact) mass is 431 g/mol. The number of H-pyrrole nitrogens is 1. The zero-order valence-corrected chi connectivity index (χ0v) is 18.6. The Morgan fingerprint density at radius 3 is 2.66 bits per heavy atom. The van der Waals surface area contributed by atoms with Crippen LogP contribution in [0.1, 0.15) is 49.6 Å². The summed E-state index contributed by atoms with van der Waals surface area (Å²) in [7, 11) is 0. The molecule has 2 unspecified atom stereocenters. The Labute approximate surface area is 188 Å². The molecule has 1 saturated heterocycles. The number of nitrogens with zero attached hydrogens (tertiary/aromatic N) is 2. The van der Waals surface area contributed by atoms with Gasteiger partial charge in [-0.05, 0) is 31.0 Å². The molecule has 5 rings (SSSR count). The van der Waals surface area contributed by atoms with Gasteiger partial charge in [0.2, 0.25) is 11.8 Å². The van der Waals surface area contributed by atoms with Crippen LogP contribution in [0, 0.1) is 0 Å². The molecular weight excluding hydrogens is 402 g/mol. The number of amides is 2. The molecule has 2 aromatic carbocycles. The van der Waals surface area contributed by atoms with E-state index >= 15 is 0 Å². The first-order valence-corrected chi connectivity index (χ1v) is 11.5. The van der Waals surface area contributed by atoms with Crippen molar-refractivity contribution in [2.45, 2.75) is 45.2 Å². The van der Waals surface area contributed by atoms with E-state index in [4.69, 9.17) is 4.74 Å².